The molecule has 2 aliphatic rings. The van der Waals surface area contributed by atoms with Gasteiger partial charge in [0.15, 0.2) is 0 Å². The molecular weight excluding hydrogens is 528 g/mol. The lowest BCUT2D eigenvalue weighted by molar-refractivity contribution is 0.405. The topological polar surface area (TPSA) is 104 Å². The number of phenolic OH excluding ortho intramolecular Hbond substituents is 1. The summed E-state index contributed by atoms with van der Waals surface area (Å²) in [5, 5.41) is 13.6. The molecule has 0 fully saturated rings. The average molecular weight is 563 g/mol. The number of hydrogen-bond acceptors (Lipinski definition) is 6. The third-order valence-electron chi connectivity index (χ3n) is 8.69. The summed E-state index contributed by atoms with van der Waals surface area (Å²) >= 11 is 0. The van der Waals surface area contributed by atoms with E-state index >= 15 is 0 Å². The van der Waals surface area contributed by atoms with Crippen LogP contribution in [0.5, 0.6) is 23.0 Å². The van der Waals surface area contributed by atoms with E-state index < -0.39 is 0 Å². The van der Waals surface area contributed by atoms with Gasteiger partial charge >= 0.3 is 0 Å². The largest absolute Gasteiger partial charge is 0.508 e. The van der Waals surface area contributed by atoms with E-state index in [1.165, 1.54) is 21.9 Å². The van der Waals surface area contributed by atoms with Crippen LogP contribution in [0.2, 0.25) is 0 Å². The highest BCUT2D eigenvalue weighted by Crippen LogP contribution is 2.39. The lowest BCUT2D eigenvalue weighted by Crippen LogP contribution is -2.20. The molecule has 0 unspecified atom stereocenters. The molecule has 0 saturated carbocycles. The van der Waals surface area contributed by atoms with Crippen LogP contribution in [0.3, 0.4) is 0 Å². The van der Waals surface area contributed by atoms with E-state index in [9.17, 15) is 5.11 Å². The monoisotopic (exact) mass is 562 g/mol. The number of rotatable bonds is 8. The van der Waals surface area contributed by atoms with Crippen molar-refractivity contribution in [1.82, 2.24) is 9.97 Å². The fourth-order valence-electron chi connectivity index (χ4n) is 6.59. The summed E-state index contributed by atoms with van der Waals surface area (Å²) in [6.07, 6.45) is 3.08. The number of hydrogen-bond donors (Lipinski definition) is 3. The third kappa shape index (κ3) is 4.47. The number of methoxy groups -OCH3 is 3. The van der Waals surface area contributed by atoms with E-state index in [0.717, 1.165) is 76.8 Å². The fraction of sp³-hybridized carbons (Fsp3) is 0.294. The molecule has 0 radical (unpaired) electrons. The van der Waals surface area contributed by atoms with Crippen molar-refractivity contribution in [2.24, 2.45) is 9.98 Å². The number of aromatic amines is 2. The quantitative estimate of drug-likeness (QED) is 0.205. The molecule has 42 heavy (non-hydrogen) atoms. The van der Waals surface area contributed by atoms with Crippen molar-refractivity contribution >= 4 is 33.2 Å². The molecule has 0 amide bonds. The Morgan fingerprint density at radius 3 is 1.64 bits per heavy atom. The van der Waals surface area contributed by atoms with Gasteiger partial charge in [0.2, 0.25) is 0 Å². The summed E-state index contributed by atoms with van der Waals surface area (Å²) in [7, 11) is 4.98. The molecule has 0 atom stereocenters. The maximum Gasteiger partial charge on any atom is 0.122 e. The number of benzene rings is 3. The van der Waals surface area contributed by atoms with Gasteiger partial charge in [0.1, 0.15) is 23.0 Å². The van der Waals surface area contributed by atoms with Gasteiger partial charge in [-0.15, -0.1) is 0 Å². The van der Waals surface area contributed by atoms with Gasteiger partial charge in [0.25, 0.3) is 0 Å². The van der Waals surface area contributed by atoms with E-state index in [1.54, 1.807) is 27.4 Å². The van der Waals surface area contributed by atoms with Crippen LogP contribution in [0.25, 0.3) is 21.8 Å². The van der Waals surface area contributed by atoms with Crippen molar-refractivity contribution in [3.63, 3.8) is 0 Å². The minimum absolute atomic E-state index is 0.0628. The van der Waals surface area contributed by atoms with Gasteiger partial charge in [-0.05, 0) is 78.6 Å². The fourth-order valence-corrected chi connectivity index (χ4v) is 6.59. The molecule has 0 bridgehead atoms. The molecule has 0 aliphatic carbocycles. The van der Waals surface area contributed by atoms with E-state index in [2.05, 4.69) is 22.1 Å². The number of aliphatic imine (C=N–C) groups is 2. The van der Waals surface area contributed by atoms with Gasteiger partial charge in [-0.2, -0.15) is 0 Å². The van der Waals surface area contributed by atoms with Crippen LogP contribution in [0.1, 0.15) is 46.8 Å². The van der Waals surface area contributed by atoms with Crippen molar-refractivity contribution in [3.8, 4) is 23.0 Å². The minimum Gasteiger partial charge on any atom is -0.508 e. The van der Waals surface area contributed by atoms with Gasteiger partial charge < -0.3 is 29.3 Å². The molecule has 3 aromatic carbocycles. The number of ether oxygens (including phenoxy) is 3. The maximum atomic E-state index is 11.2. The maximum absolute atomic E-state index is 11.2. The average Bonchev–Trinajstić information content (AvgIpc) is 3.59. The summed E-state index contributed by atoms with van der Waals surface area (Å²) in [6, 6.07) is 17.9. The zero-order chi connectivity index (χ0) is 28.8. The van der Waals surface area contributed by atoms with Gasteiger partial charge in [-0.1, -0.05) is 6.07 Å². The Morgan fingerprint density at radius 1 is 0.690 bits per heavy atom. The molecule has 3 N–H and O–H groups in total. The van der Waals surface area contributed by atoms with Crippen LogP contribution in [0, 0.1) is 0 Å². The predicted molar refractivity (Wildman–Crippen MR) is 167 cm³/mol. The van der Waals surface area contributed by atoms with Crippen molar-refractivity contribution in [3.05, 3.63) is 82.7 Å². The Hall–Kier alpha value is -4.72. The molecule has 0 saturated heterocycles. The minimum atomic E-state index is -0.0628. The molecule has 7 rings (SSSR count). The number of H-pyrrole nitrogens is 2. The number of phenols is 1. The second-order valence-corrected chi connectivity index (χ2v) is 11.0. The SMILES string of the molecule is COc1ccc(C(CC2=NCCc3c2[nH]c2cc(OC)ccc32)CC2=NCCc3c2[nH]c2cc(OC)ccc32)c(O)c1. The Kier molecular flexibility index (Phi) is 6.61. The standard InChI is InChI=1S/C34H34N4O4/c1-40-20-5-8-24-26-10-12-35-30(33(26)37-28(24)16-20)14-19(23-7-4-22(42-3)18-32(23)39)15-31-34-27(11-13-36-31)25-9-6-21(41-2)17-29(25)38-34/h4-9,16-19,37-39H,10-15H2,1-3H3. The molecular formula is C34H34N4O4. The van der Waals surface area contributed by atoms with Gasteiger partial charge in [-0.3, -0.25) is 9.98 Å². The lowest BCUT2D eigenvalue weighted by atomic mass is 9.84. The Bertz CT molecular complexity index is 1770. The number of nitrogens with zero attached hydrogens (tertiary/aromatic N) is 2. The normalized spacial score (nSPS) is 14.5. The van der Waals surface area contributed by atoms with Crippen LogP contribution in [0.15, 0.2) is 64.6 Å². The van der Waals surface area contributed by atoms with Gasteiger partial charge in [0.05, 0.1) is 44.1 Å². The van der Waals surface area contributed by atoms with Crippen molar-refractivity contribution < 1.29 is 19.3 Å². The zero-order valence-electron chi connectivity index (χ0n) is 24.1. The highest BCUT2D eigenvalue weighted by Gasteiger charge is 2.29. The Balaban J connectivity index is 1.28. The van der Waals surface area contributed by atoms with Crippen LogP contribution in [0.4, 0.5) is 0 Å². The molecule has 2 aliphatic heterocycles. The molecule has 0 spiro atoms. The highest BCUT2D eigenvalue weighted by atomic mass is 16.5. The number of aromatic hydroxyl groups is 1. The number of fused-ring (bicyclic) bond motifs is 6. The summed E-state index contributed by atoms with van der Waals surface area (Å²) in [5.74, 6) is 2.42. The lowest BCUT2D eigenvalue weighted by Gasteiger charge is -2.24. The summed E-state index contributed by atoms with van der Waals surface area (Å²) in [6.45, 7) is 1.47. The first kappa shape index (κ1) is 26.2. The molecule has 8 nitrogen and oxygen atoms in total. The Labute approximate surface area is 244 Å². The van der Waals surface area contributed by atoms with Crippen LogP contribution < -0.4 is 14.2 Å². The first-order valence-corrected chi connectivity index (χ1v) is 14.4. The van der Waals surface area contributed by atoms with E-state index in [0.29, 0.717) is 18.6 Å². The van der Waals surface area contributed by atoms with Crippen LogP contribution in [-0.4, -0.2) is 60.9 Å². The van der Waals surface area contributed by atoms with Gasteiger partial charge in [-0.25, -0.2) is 0 Å². The molecule has 8 heteroatoms. The summed E-state index contributed by atoms with van der Waals surface area (Å²) < 4.78 is 16.3. The van der Waals surface area contributed by atoms with Gasteiger partial charge in [0, 0.05) is 53.1 Å². The molecule has 5 aromatic rings. The van der Waals surface area contributed by atoms with E-state index in [4.69, 9.17) is 24.2 Å². The molecule has 4 heterocycles. The van der Waals surface area contributed by atoms with Crippen molar-refractivity contribution in [1.29, 1.82) is 0 Å². The Morgan fingerprint density at radius 2 is 1.17 bits per heavy atom. The zero-order valence-corrected chi connectivity index (χ0v) is 24.1. The third-order valence-corrected chi connectivity index (χ3v) is 8.69. The molecule has 2 aromatic heterocycles. The predicted octanol–water partition coefficient (Wildman–Crippen LogP) is 6.34. The smallest absolute Gasteiger partial charge is 0.122 e. The second-order valence-electron chi connectivity index (χ2n) is 11.0. The van der Waals surface area contributed by atoms with Crippen molar-refractivity contribution in [2.45, 2.75) is 31.6 Å². The highest BCUT2D eigenvalue weighted by molar-refractivity contribution is 6.09. The second kappa shape index (κ2) is 10.6. The van der Waals surface area contributed by atoms with Crippen LogP contribution >= 0.6 is 0 Å². The van der Waals surface area contributed by atoms with E-state index in [1.807, 2.05) is 36.4 Å². The molecule has 214 valence electrons. The summed E-state index contributed by atoms with van der Waals surface area (Å²) in [5.41, 5.74) is 9.72. The van der Waals surface area contributed by atoms with Crippen LogP contribution in [-0.2, 0) is 12.8 Å². The number of aromatic nitrogens is 2. The first-order valence-electron chi connectivity index (χ1n) is 14.4. The van der Waals surface area contributed by atoms with Crippen molar-refractivity contribution in [2.75, 3.05) is 34.4 Å². The number of nitrogens with one attached hydrogen (secondary N) is 2. The summed E-state index contributed by atoms with van der Waals surface area (Å²) in [4.78, 5) is 17.3. The first-order chi connectivity index (χ1) is 20.6. The van der Waals surface area contributed by atoms with E-state index in [-0.39, 0.29) is 11.7 Å².